The van der Waals surface area contributed by atoms with Crippen LogP contribution in [0.15, 0.2) is 22.7 Å². The van der Waals surface area contributed by atoms with Gasteiger partial charge in [-0.3, -0.25) is 4.79 Å². The molecular weight excluding hydrogens is 396 g/mol. The number of hydrogen-bond acceptors (Lipinski definition) is 4. The second-order valence-corrected chi connectivity index (χ2v) is 8.24. The van der Waals surface area contributed by atoms with Crippen LogP contribution in [0.25, 0.3) is 10.9 Å². The topological polar surface area (TPSA) is 68.2 Å². The highest BCUT2D eigenvalue weighted by Gasteiger charge is 2.26. The molecule has 2 N–H and O–H groups in total. The highest BCUT2D eigenvalue weighted by molar-refractivity contribution is 9.10. The first-order valence-corrected chi connectivity index (χ1v) is 10.2. The summed E-state index contributed by atoms with van der Waals surface area (Å²) in [6.45, 7) is 3.83. The van der Waals surface area contributed by atoms with Crippen LogP contribution in [0, 0.1) is 0 Å². The van der Waals surface area contributed by atoms with E-state index in [1.807, 2.05) is 22.9 Å². The summed E-state index contributed by atoms with van der Waals surface area (Å²) in [7, 11) is 0. The first-order chi connectivity index (χ1) is 12.6. The zero-order chi connectivity index (χ0) is 18.1. The third kappa shape index (κ3) is 3.66. The van der Waals surface area contributed by atoms with E-state index in [0.29, 0.717) is 11.7 Å². The number of carbonyl (C=O) groups excluding carboxylic acids is 1. The number of benzene rings is 1. The van der Waals surface area contributed by atoms with Gasteiger partial charge >= 0.3 is 0 Å². The summed E-state index contributed by atoms with van der Waals surface area (Å²) in [5, 5.41) is 12.1. The van der Waals surface area contributed by atoms with E-state index in [4.69, 9.17) is 4.74 Å². The van der Waals surface area contributed by atoms with Crippen molar-refractivity contribution >= 4 is 32.7 Å². The van der Waals surface area contributed by atoms with Gasteiger partial charge in [0.2, 0.25) is 0 Å². The highest BCUT2D eigenvalue weighted by Crippen LogP contribution is 2.30. The minimum Gasteiger partial charge on any atom is -0.356 e. The lowest BCUT2D eigenvalue weighted by Gasteiger charge is -2.28. The van der Waals surface area contributed by atoms with Crippen LogP contribution in [0.5, 0.6) is 0 Å². The van der Waals surface area contributed by atoms with Crippen molar-refractivity contribution in [1.29, 1.82) is 0 Å². The number of rotatable bonds is 3. The minimum atomic E-state index is -0.0956. The number of carbonyl (C=O) groups is 1. The van der Waals surface area contributed by atoms with E-state index < -0.39 is 0 Å². The molecule has 0 aliphatic carbocycles. The second kappa shape index (κ2) is 7.66. The normalized spacial score (nSPS) is 26.8. The Labute approximate surface area is 161 Å². The van der Waals surface area contributed by atoms with Gasteiger partial charge in [-0.15, -0.1) is 0 Å². The van der Waals surface area contributed by atoms with Crippen molar-refractivity contribution in [2.45, 2.75) is 57.3 Å². The van der Waals surface area contributed by atoms with Crippen LogP contribution in [-0.4, -0.2) is 40.9 Å². The number of amides is 1. The third-order valence-electron chi connectivity index (χ3n) is 5.27. The number of aromatic nitrogens is 2. The molecule has 1 aromatic heterocycles. The van der Waals surface area contributed by atoms with Crippen LogP contribution >= 0.6 is 15.9 Å². The molecule has 26 heavy (non-hydrogen) atoms. The van der Waals surface area contributed by atoms with Gasteiger partial charge in [0, 0.05) is 28.5 Å². The van der Waals surface area contributed by atoms with Gasteiger partial charge in [0.05, 0.1) is 5.52 Å². The molecule has 2 aliphatic heterocycles. The van der Waals surface area contributed by atoms with Gasteiger partial charge in [-0.1, -0.05) is 15.9 Å². The largest absolute Gasteiger partial charge is 0.356 e. The van der Waals surface area contributed by atoms with Crippen molar-refractivity contribution in [1.82, 2.24) is 20.4 Å². The van der Waals surface area contributed by atoms with Crippen LogP contribution in [0.2, 0.25) is 0 Å². The fourth-order valence-corrected chi connectivity index (χ4v) is 4.29. The zero-order valence-corrected chi connectivity index (χ0v) is 16.6. The van der Waals surface area contributed by atoms with E-state index in [1.54, 1.807) is 0 Å². The van der Waals surface area contributed by atoms with Crippen LogP contribution < -0.4 is 10.6 Å². The second-order valence-electron chi connectivity index (χ2n) is 7.33. The van der Waals surface area contributed by atoms with E-state index in [9.17, 15) is 4.79 Å². The number of hydrogen-bond donors (Lipinski definition) is 2. The summed E-state index contributed by atoms with van der Waals surface area (Å²) in [5.41, 5.74) is 1.44. The molecule has 0 bridgehead atoms. The number of halogens is 1. The summed E-state index contributed by atoms with van der Waals surface area (Å²) in [4.78, 5) is 13.0. The van der Waals surface area contributed by atoms with Crippen molar-refractivity contribution in [3.8, 4) is 0 Å². The lowest BCUT2D eigenvalue weighted by Crippen LogP contribution is -2.46. The fraction of sp³-hybridized carbons (Fsp3) is 0.579. The average molecular weight is 421 g/mol. The maximum Gasteiger partial charge on any atom is 0.272 e. The predicted octanol–water partition coefficient (Wildman–Crippen LogP) is 3.37. The first kappa shape index (κ1) is 17.9. The molecule has 140 valence electrons. The Bertz CT molecular complexity index is 800. The number of nitrogens with zero attached hydrogens (tertiary/aromatic N) is 2. The SMILES string of the molecule is C[C@H]1C[C@H](NC(=O)c2nn(C3CCCCO3)c3ccc(Br)cc23)CCN1. The molecule has 1 unspecified atom stereocenters. The maximum atomic E-state index is 13.0. The predicted molar refractivity (Wildman–Crippen MR) is 104 cm³/mol. The molecule has 1 aromatic carbocycles. The van der Waals surface area contributed by atoms with Crippen molar-refractivity contribution in [3.63, 3.8) is 0 Å². The summed E-state index contributed by atoms with van der Waals surface area (Å²) < 4.78 is 8.74. The van der Waals surface area contributed by atoms with Crippen LogP contribution in [0.4, 0.5) is 0 Å². The zero-order valence-electron chi connectivity index (χ0n) is 15.0. The summed E-state index contributed by atoms with van der Waals surface area (Å²) in [5.74, 6) is -0.0956. The quantitative estimate of drug-likeness (QED) is 0.798. The molecule has 7 heteroatoms. The van der Waals surface area contributed by atoms with E-state index in [1.165, 1.54) is 0 Å². The van der Waals surface area contributed by atoms with Crippen molar-refractivity contribution < 1.29 is 9.53 Å². The Hall–Kier alpha value is -1.44. The highest BCUT2D eigenvalue weighted by atomic mass is 79.9. The van der Waals surface area contributed by atoms with E-state index in [0.717, 1.165) is 60.6 Å². The van der Waals surface area contributed by atoms with Gasteiger partial charge < -0.3 is 15.4 Å². The smallest absolute Gasteiger partial charge is 0.272 e. The molecule has 4 rings (SSSR count). The molecule has 0 radical (unpaired) electrons. The van der Waals surface area contributed by atoms with Crippen LogP contribution in [-0.2, 0) is 4.74 Å². The maximum absolute atomic E-state index is 13.0. The molecule has 2 fully saturated rings. The standard InChI is InChI=1S/C19H25BrN4O2/c1-12-10-14(7-8-21-12)22-19(25)18-15-11-13(20)5-6-16(15)24(23-18)17-4-2-3-9-26-17/h5-6,11-12,14,17,21H,2-4,7-10H2,1H3,(H,22,25)/t12-,14+,17?/m0/s1. The monoisotopic (exact) mass is 420 g/mol. The average Bonchev–Trinajstić information content (AvgIpc) is 3.01. The van der Waals surface area contributed by atoms with Crippen molar-refractivity contribution in [3.05, 3.63) is 28.4 Å². The van der Waals surface area contributed by atoms with Crippen LogP contribution in [0.3, 0.4) is 0 Å². The molecular formula is C19H25BrN4O2. The minimum absolute atomic E-state index is 0.0899. The molecule has 2 aromatic rings. The van der Waals surface area contributed by atoms with E-state index in [-0.39, 0.29) is 18.2 Å². The lowest BCUT2D eigenvalue weighted by molar-refractivity contribution is -0.0368. The summed E-state index contributed by atoms with van der Waals surface area (Å²) in [6, 6.07) is 6.58. The Morgan fingerprint density at radius 2 is 2.27 bits per heavy atom. The number of piperidine rings is 1. The first-order valence-electron chi connectivity index (χ1n) is 9.45. The van der Waals surface area contributed by atoms with Gasteiger partial charge in [-0.05, 0) is 63.8 Å². The lowest BCUT2D eigenvalue weighted by atomic mass is 10.0. The van der Waals surface area contributed by atoms with Gasteiger partial charge in [0.1, 0.15) is 0 Å². The van der Waals surface area contributed by atoms with E-state index >= 15 is 0 Å². The molecule has 3 heterocycles. The van der Waals surface area contributed by atoms with Gasteiger partial charge in [0.15, 0.2) is 11.9 Å². The Balaban J connectivity index is 1.65. The third-order valence-corrected chi connectivity index (χ3v) is 5.76. The molecule has 2 aliphatic rings. The molecule has 0 saturated carbocycles. The van der Waals surface area contributed by atoms with Gasteiger partial charge in [-0.2, -0.15) is 5.10 Å². The van der Waals surface area contributed by atoms with Gasteiger partial charge in [0.25, 0.3) is 5.91 Å². The molecule has 0 spiro atoms. The molecule has 3 atom stereocenters. The van der Waals surface area contributed by atoms with Gasteiger partial charge in [-0.25, -0.2) is 4.68 Å². The molecule has 6 nitrogen and oxygen atoms in total. The molecule has 1 amide bonds. The van der Waals surface area contributed by atoms with Crippen molar-refractivity contribution in [2.24, 2.45) is 0 Å². The Morgan fingerprint density at radius 3 is 3.04 bits per heavy atom. The number of nitrogens with one attached hydrogen (secondary N) is 2. The van der Waals surface area contributed by atoms with Crippen molar-refractivity contribution in [2.75, 3.05) is 13.2 Å². The summed E-state index contributed by atoms with van der Waals surface area (Å²) in [6.07, 6.45) is 4.94. The Kier molecular flexibility index (Phi) is 5.29. The fourth-order valence-electron chi connectivity index (χ4n) is 3.93. The number of ether oxygens (including phenoxy) is 1. The van der Waals surface area contributed by atoms with E-state index in [2.05, 4.69) is 38.6 Å². The summed E-state index contributed by atoms with van der Waals surface area (Å²) >= 11 is 3.52. The Morgan fingerprint density at radius 1 is 1.38 bits per heavy atom. The number of fused-ring (bicyclic) bond motifs is 1. The molecule has 2 saturated heterocycles. The van der Waals surface area contributed by atoms with Crippen LogP contribution in [0.1, 0.15) is 55.7 Å².